The molecule has 0 radical (unpaired) electrons. The normalized spacial score (nSPS) is 18.9. The first-order valence-corrected chi connectivity index (χ1v) is 11.0. The molecule has 9 nitrogen and oxygen atoms in total. The highest BCUT2D eigenvalue weighted by molar-refractivity contribution is 5.91. The molecule has 2 aliphatic rings. The minimum atomic E-state index is -0.963. The lowest BCUT2D eigenvalue weighted by molar-refractivity contribution is 0.198. The summed E-state index contributed by atoms with van der Waals surface area (Å²) < 4.78 is 8.28. The molecule has 2 N–H and O–H groups in total. The number of fused-ring (bicyclic) bond motifs is 1. The second kappa shape index (κ2) is 8.58. The highest BCUT2D eigenvalue weighted by Gasteiger charge is 2.32. The van der Waals surface area contributed by atoms with E-state index in [-0.39, 0.29) is 6.04 Å². The summed E-state index contributed by atoms with van der Waals surface area (Å²) in [6, 6.07) is 4.07. The van der Waals surface area contributed by atoms with Crippen molar-refractivity contribution in [2.75, 3.05) is 18.0 Å². The van der Waals surface area contributed by atoms with Gasteiger partial charge in [0.05, 0.1) is 24.1 Å². The fourth-order valence-corrected chi connectivity index (χ4v) is 4.63. The summed E-state index contributed by atoms with van der Waals surface area (Å²) in [5.41, 5.74) is 3.33. The summed E-state index contributed by atoms with van der Waals surface area (Å²) in [5, 5.41) is 17.8. The van der Waals surface area contributed by atoms with Gasteiger partial charge >= 0.3 is 6.09 Å². The molecule has 166 valence electrons. The molecule has 3 aromatic rings. The van der Waals surface area contributed by atoms with Crippen LogP contribution in [0.5, 0.6) is 11.6 Å². The van der Waals surface area contributed by atoms with Gasteiger partial charge < -0.3 is 15.2 Å². The highest BCUT2D eigenvalue weighted by atomic mass is 16.5. The van der Waals surface area contributed by atoms with Gasteiger partial charge in [-0.05, 0) is 57.8 Å². The van der Waals surface area contributed by atoms with E-state index in [0.29, 0.717) is 36.2 Å². The topological polar surface area (TPSA) is 105 Å². The monoisotopic (exact) mass is 434 g/mol. The number of aromatic nitrogens is 4. The smallest absolute Gasteiger partial charge is 0.412 e. The van der Waals surface area contributed by atoms with Crippen LogP contribution in [0.25, 0.3) is 11.1 Å². The number of rotatable bonds is 4. The third-order valence-electron chi connectivity index (χ3n) is 6.30. The van der Waals surface area contributed by atoms with Gasteiger partial charge in [0.25, 0.3) is 0 Å². The Morgan fingerprint density at radius 3 is 2.78 bits per heavy atom. The van der Waals surface area contributed by atoms with Gasteiger partial charge in [0, 0.05) is 41.3 Å². The van der Waals surface area contributed by atoms with Gasteiger partial charge in [0.15, 0.2) is 0 Å². The van der Waals surface area contributed by atoms with Crippen LogP contribution < -0.4 is 15.0 Å². The first kappa shape index (κ1) is 20.4. The molecule has 0 aliphatic carbocycles. The van der Waals surface area contributed by atoms with Crippen LogP contribution in [0.3, 0.4) is 0 Å². The summed E-state index contributed by atoms with van der Waals surface area (Å²) in [6.07, 6.45) is 11.2. The van der Waals surface area contributed by atoms with Crippen molar-refractivity contribution in [1.82, 2.24) is 25.1 Å². The lowest BCUT2D eigenvalue weighted by Gasteiger charge is -2.34. The van der Waals surface area contributed by atoms with Gasteiger partial charge in [-0.2, -0.15) is 5.10 Å². The van der Waals surface area contributed by atoms with E-state index in [0.717, 1.165) is 42.6 Å². The largest absolute Gasteiger partial charge is 0.465 e. The Morgan fingerprint density at radius 2 is 2.03 bits per heavy atom. The van der Waals surface area contributed by atoms with Crippen molar-refractivity contribution in [1.29, 1.82) is 0 Å². The van der Waals surface area contributed by atoms with Crippen LogP contribution in [-0.4, -0.2) is 50.1 Å². The summed E-state index contributed by atoms with van der Waals surface area (Å²) in [5.74, 6) is 0.986. The Hall–Kier alpha value is -3.46. The number of amides is 1. The number of hydrogen-bond donors (Lipinski definition) is 2. The molecule has 0 spiro atoms. The van der Waals surface area contributed by atoms with Crippen LogP contribution in [-0.2, 0) is 6.42 Å². The molecule has 9 heteroatoms. The number of carbonyl (C=O) groups is 1. The maximum atomic E-state index is 12.0. The number of hydrogen-bond acceptors (Lipinski definition) is 6. The van der Waals surface area contributed by atoms with Gasteiger partial charge in [-0.25, -0.2) is 9.78 Å². The van der Waals surface area contributed by atoms with Crippen molar-refractivity contribution >= 4 is 11.8 Å². The predicted molar refractivity (Wildman–Crippen MR) is 119 cm³/mol. The fraction of sp³-hybridized carbons (Fsp3) is 0.391. The van der Waals surface area contributed by atoms with Crippen molar-refractivity contribution in [3.63, 3.8) is 0 Å². The van der Waals surface area contributed by atoms with E-state index in [1.807, 2.05) is 29.9 Å². The van der Waals surface area contributed by atoms with Gasteiger partial charge in [0.1, 0.15) is 5.75 Å². The Balaban J connectivity index is 1.59. The summed E-state index contributed by atoms with van der Waals surface area (Å²) in [6.45, 7) is 3.91. The van der Waals surface area contributed by atoms with Gasteiger partial charge in [-0.1, -0.05) is 0 Å². The van der Waals surface area contributed by atoms with Gasteiger partial charge in [0.2, 0.25) is 5.88 Å². The maximum Gasteiger partial charge on any atom is 0.412 e. The zero-order valence-electron chi connectivity index (χ0n) is 17.9. The van der Waals surface area contributed by atoms with Crippen LogP contribution in [0, 0.1) is 0 Å². The molecule has 2 aromatic heterocycles. The van der Waals surface area contributed by atoms with E-state index in [4.69, 9.17) is 4.74 Å². The lowest BCUT2D eigenvalue weighted by atomic mass is 9.92. The number of nitrogens with one attached hydrogen (secondary N) is 1. The zero-order chi connectivity index (χ0) is 22.1. The Morgan fingerprint density at radius 1 is 1.19 bits per heavy atom. The Kier molecular flexibility index (Phi) is 5.48. The Labute approximate surface area is 186 Å². The molecule has 1 atom stereocenters. The summed E-state index contributed by atoms with van der Waals surface area (Å²) in [4.78, 5) is 21.8. The SMILES string of the molecule is C[C@H]1CCc2c(ccc(-c3cnn(C4CCNCC4)c3)c2Oc2cnccn2)N1C(=O)O. The summed E-state index contributed by atoms with van der Waals surface area (Å²) >= 11 is 0. The van der Waals surface area contributed by atoms with Crippen molar-refractivity contribution in [3.8, 4) is 22.8 Å². The number of nitrogens with zero attached hydrogens (tertiary/aromatic N) is 5. The standard InChI is InChI=1S/C23H26N6O3/c1-15-2-3-19-20(29(15)23(30)31)5-4-18(22(19)32-21-13-25-10-11-26-21)16-12-27-28(14-16)17-6-8-24-9-7-17/h4-5,10-15,17,24H,2-3,6-9H2,1H3,(H,30,31)/t15-/m0/s1. The first-order valence-electron chi connectivity index (χ1n) is 11.0. The maximum absolute atomic E-state index is 12.0. The highest BCUT2D eigenvalue weighted by Crippen LogP contribution is 2.44. The molecular weight excluding hydrogens is 408 g/mol. The minimum absolute atomic E-state index is 0.0992. The molecule has 2 aliphatic heterocycles. The quantitative estimate of drug-likeness (QED) is 0.642. The molecule has 4 heterocycles. The van der Waals surface area contributed by atoms with Crippen LogP contribution in [0.4, 0.5) is 10.5 Å². The molecule has 1 fully saturated rings. The molecule has 1 amide bonds. The minimum Gasteiger partial charge on any atom is -0.465 e. The van der Waals surface area contributed by atoms with E-state index < -0.39 is 6.09 Å². The van der Waals surface area contributed by atoms with E-state index in [2.05, 4.69) is 26.6 Å². The molecule has 1 aromatic carbocycles. The number of piperidine rings is 1. The number of benzene rings is 1. The average Bonchev–Trinajstić information content (AvgIpc) is 3.30. The van der Waals surface area contributed by atoms with Crippen molar-refractivity contribution in [2.45, 2.75) is 44.7 Å². The number of carboxylic acid groups (broad SMARTS) is 1. The molecule has 0 unspecified atom stereocenters. The molecule has 1 saturated heterocycles. The number of anilines is 1. The fourth-order valence-electron chi connectivity index (χ4n) is 4.63. The van der Waals surface area contributed by atoms with Crippen molar-refractivity contribution in [3.05, 3.63) is 48.7 Å². The van der Waals surface area contributed by atoms with E-state index >= 15 is 0 Å². The van der Waals surface area contributed by atoms with Gasteiger partial charge in [-0.15, -0.1) is 0 Å². The molecule has 5 rings (SSSR count). The second-order valence-corrected chi connectivity index (χ2v) is 8.32. The number of ether oxygens (including phenoxy) is 1. The predicted octanol–water partition coefficient (Wildman–Crippen LogP) is 3.88. The van der Waals surface area contributed by atoms with Crippen LogP contribution in [0.15, 0.2) is 43.1 Å². The third kappa shape index (κ3) is 3.80. The molecular formula is C23H26N6O3. The van der Waals surface area contributed by atoms with Crippen molar-refractivity contribution < 1.29 is 14.6 Å². The molecule has 0 saturated carbocycles. The van der Waals surface area contributed by atoms with Crippen LogP contribution >= 0.6 is 0 Å². The van der Waals surface area contributed by atoms with Gasteiger partial charge in [-0.3, -0.25) is 14.6 Å². The third-order valence-corrected chi connectivity index (χ3v) is 6.30. The lowest BCUT2D eigenvalue weighted by Crippen LogP contribution is -2.41. The van der Waals surface area contributed by atoms with E-state index in [9.17, 15) is 9.90 Å². The first-order chi connectivity index (χ1) is 15.6. The average molecular weight is 435 g/mol. The zero-order valence-corrected chi connectivity index (χ0v) is 17.9. The van der Waals surface area contributed by atoms with E-state index in [1.165, 1.54) is 4.90 Å². The van der Waals surface area contributed by atoms with Crippen LogP contribution in [0.1, 0.15) is 37.8 Å². The van der Waals surface area contributed by atoms with E-state index in [1.54, 1.807) is 18.6 Å². The van der Waals surface area contributed by atoms with Crippen molar-refractivity contribution in [2.24, 2.45) is 0 Å². The Bertz CT molecular complexity index is 1110. The summed E-state index contributed by atoms with van der Waals surface area (Å²) in [7, 11) is 0. The molecule has 32 heavy (non-hydrogen) atoms. The second-order valence-electron chi connectivity index (χ2n) is 8.32. The van der Waals surface area contributed by atoms with Crippen LogP contribution in [0.2, 0.25) is 0 Å². The molecule has 0 bridgehead atoms.